The van der Waals surface area contributed by atoms with Gasteiger partial charge >= 0.3 is 0 Å². The van der Waals surface area contributed by atoms with Crippen LogP contribution in [0.5, 0.6) is 0 Å². The molecule has 18 heavy (non-hydrogen) atoms. The van der Waals surface area contributed by atoms with E-state index in [2.05, 4.69) is 25.2 Å². The molecule has 0 radical (unpaired) electrons. The number of nitrogens with zero attached hydrogens (tertiary/aromatic N) is 1. The van der Waals surface area contributed by atoms with Crippen molar-refractivity contribution in [1.82, 2.24) is 5.32 Å². The minimum absolute atomic E-state index is 0.154. The second-order valence-corrected chi connectivity index (χ2v) is 5.22. The number of rotatable bonds is 5. The van der Waals surface area contributed by atoms with Crippen molar-refractivity contribution in [2.75, 3.05) is 18.0 Å². The Bertz CT molecular complexity index is 428. The molecule has 1 aliphatic heterocycles. The molecule has 1 atom stereocenters. The Morgan fingerprint density at radius 3 is 2.72 bits per heavy atom. The van der Waals surface area contributed by atoms with Crippen LogP contribution < -0.4 is 10.2 Å². The number of likely N-dealkylation sites (N-methyl/N-ethyl adjacent to an activating group) is 1. The largest absolute Gasteiger partial charge is 0.310 e. The number of amides is 1. The number of carbonyl (C=O) groups excluding carboxylic acids is 1. The number of anilines is 1. The molecule has 3 nitrogen and oxygen atoms in total. The van der Waals surface area contributed by atoms with Gasteiger partial charge in [0, 0.05) is 17.8 Å². The highest BCUT2D eigenvalue weighted by Crippen LogP contribution is 2.35. The zero-order valence-electron chi connectivity index (χ0n) is 11.4. The molecule has 2 rings (SSSR count). The third kappa shape index (κ3) is 2.41. The van der Waals surface area contributed by atoms with Crippen LogP contribution >= 0.6 is 0 Å². The standard InChI is InChI=1S/C15H22N2O/c1-4-16-14-12-7-5-6-8-13(12)17(15(14)18)10-9-11(2)3/h5-8,11,14,16H,4,9-10H2,1-3H3. The van der Waals surface area contributed by atoms with Gasteiger partial charge in [0.25, 0.3) is 0 Å². The normalized spacial score (nSPS) is 18.6. The van der Waals surface area contributed by atoms with Gasteiger partial charge in [0.15, 0.2) is 0 Å². The van der Waals surface area contributed by atoms with Crippen LogP contribution in [-0.4, -0.2) is 19.0 Å². The molecular formula is C15H22N2O. The van der Waals surface area contributed by atoms with Crippen molar-refractivity contribution in [2.45, 2.75) is 33.2 Å². The molecule has 1 aliphatic rings. The Balaban J connectivity index is 2.24. The van der Waals surface area contributed by atoms with E-state index in [1.54, 1.807) is 0 Å². The molecule has 0 spiro atoms. The smallest absolute Gasteiger partial charge is 0.248 e. The lowest BCUT2D eigenvalue weighted by molar-refractivity contribution is -0.120. The summed E-state index contributed by atoms with van der Waals surface area (Å²) < 4.78 is 0. The first-order chi connectivity index (χ1) is 8.65. The van der Waals surface area contributed by atoms with Crippen LogP contribution in [-0.2, 0) is 4.79 Å². The lowest BCUT2D eigenvalue weighted by Gasteiger charge is -2.19. The van der Waals surface area contributed by atoms with Gasteiger partial charge in [-0.2, -0.15) is 0 Å². The number of hydrogen-bond acceptors (Lipinski definition) is 2. The van der Waals surface area contributed by atoms with Gasteiger partial charge in [-0.3, -0.25) is 4.79 Å². The number of benzene rings is 1. The summed E-state index contributed by atoms with van der Waals surface area (Å²) in [6, 6.07) is 7.95. The molecule has 1 aromatic rings. The van der Waals surface area contributed by atoms with Crippen molar-refractivity contribution in [1.29, 1.82) is 0 Å². The quantitative estimate of drug-likeness (QED) is 0.866. The molecule has 0 aromatic heterocycles. The van der Waals surface area contributed by atoms with Crippen molar-refractivity contribution in [3.63, 3.8) is 0 Å². The molecule has 1 N–H and O–H groups in total. The van der Waals surface area contributed by atoms with E-state index < -0.39 is 0 Å². The highest BCUT2D eigenvalue weighted by molar-refractivity contribution is 6.04. The zero-order chi connectivity index (χ0) is 13.1. The van der Waals surface area contributed by atoms with E-state index in [4.69, 9.17) is 0 Å². The summed E-state index contributed by atoms with van der Waals surface area (Å²) in [5.41, 5.74) is 2.20. The van der Waals surface area contributed by atoms with Crippen molar-refractivity contribution in [2.24, 2.45) is 5.92 Å². The molecule has 0 aliphatic carbocycles. The van der Waals surface area contributed by atoms with Crippen LogP contribution in [0.4, 0.5) is 5.69 Å². The lowest BCUT2D eigenvalue weighted by Crippen LogP contribution is -2.35. The van der Waals surface area contributed by atoms with Crippen LogP contribution in [0.3, 0.4) is 0 Å². The summed E-state index contributed by atoms with van der Waals surface area (Å²) >= 11 is 0. The van der Waals surface area contributed by atoms with Gasteiger partial charge in [-0.15, -0.1) is 0 Å². The van der Waals surface area contributed by atoms with Crippen LogP contribution in [0.15, 0.2) is 24.3 Å². The number of nitrogens with one attached hydrogen (secondary N) is 1. The second-order valence-electron chi connectivity index (χ2n) is 5.22. The third-order valence-corrected chi connectivity index (χ3v) is 3.39. The third-order valence-electron chi connectivity index (χ3n) is 3.39. The van der Waals surface area contributed by atoms with E-state index in [-0.39, 0.29) is 11.9 Å². The van der Waals surface area contributed by atoms with Gasteiger partial charge in [-0.25, -0.2) is 0 Å². The molecular weight excluding hydrogens is 224 g/mol. The van der Waals surface area contributed by atoms with Gasteiger partial charge in [0.2, 0.25) is 5.91 Å². The summed E-state index contributed by atoms with van der Waals surface area (Å²) in [5, 5.41) is 3.28. The molecule has 1 unspecified atom stereocenters. The fourth-order valence-electron chi connectivity index (χ4n) is 2.40. The van der Waals surface area contributed by atoms with Crippen molar-refractivity contribution >= 4 is 11.6 Å². The predicted octanol–water partition coefficient (Wildman–Crippen LogP) is 2.73. The van der Waals surface area contributed by atoms with Crippen molar-refractivity contribution in [3.05, 3.63) is 29.8 Å². The van der Waals surface area contributed by atoms with Gasteiger partial charge in [0.05, 0.1) is 0 Å². The molecule has 0 saturated heterocycles. The number of carbonyl (C=O) groups is 1. The molecule has 1 amide bonds. The molecule has 3 heteroatoms. The Morgan fingerprint density at radius 2 is 2.06 bits per heavy atom. The van der Waals surface area contributed by atoms with E-state index in [0.717, 1.165) is 30.8 Å². The van der Waals surface area contributed by atoms with E-state index in [1.165, 1.54) is 0 Å². The van der Waals surface area contributed by atoms with E-state index in [9.17, 15) is 4.79 Å². The maximum Gasteiger partial charge on any atom is 0.248 e. The number of para-hydroxylation sites is 1. The van der Waals surface area contributed by atoms with Crippen LogP contribution in [0.2, 0.25) is 0 Å². The number of fused-ring (bicyclic) bond motifs is 1. The first-order valence-electron chi connectivity index (χ1n) is 6.78. The Morgan fingerprint density at radius 1 is 1.33 bits per heavy atom. The topological polar surface area (TPSA) is 32.3 Å². The summed E-state index contributed by atoms with van der Waals surface area (Å²) in [6.45, 7) is 8.04. The molecule has 98 valence electrons. The van der Waals surface area contributed by atoms with Crippen LogP contribution in [0, 0.1) is 5.92 Å². The first kappa shape index (κ1) is 13.1. The van der Waals surface area contributed by atoms with Crippen LogP contribution in [0.1, 0.15) is 38.8 Å². The highest BCUT2D eigenvalue weighted by Gasteiger charge is 2.35. The van der Waals surface area contributed by atoms with Crippen LogP contribution in [0.25, 0.3) is 0 Å². The van der Waals surface area contributed by atoms with Crippen molar-refractivity contribution in [3.8, 4) is 0 Å². The molecule has 0 saturated carbocycles. The number of hydrogen-bond donors (Lipinski definition) is 1. The Labute approximate surface area is 109 Å². The second kappa shape index (κ2) is 5.53. The zero-order valence-corrected chi connectivity index (χ0v) is 11.4. The van der Waals surface area contributed by atoms with E-state index in [1.807, 2.05) is 30.0 Å². The first-order valence-corrected chi connectivity index (χ1v) is 6.78. The molecule has 0 bridgehead atoms. The maximum atomic E-state index is 12.4. The molecule has 1 aromatic carbocycles. The SMILES string of the molecule is CCNC1C(=O)N(CCC(C)C)c2ccccc21. The summed E-state index contributed by atoms with van der Waals surface area (Å²) in [6.07, 6.45) is 1.04. The summed E-state index contributed by atoms with van der Waals surface area (Å²) in [7, 11) is 0. The van der Waals surface area contributed by atoms with Crippen molar-refractivity contribution < 1.29 is 4.79 Å². The summed E-state index contributed by atoms with van der Waals surface area (Å²) in [5.74, 6) is 0.807. The average molecular weight is 246 g/mol. The lowest BCUT2D eigenvalue weighted by atomic mass is 10.1. The predicted molar refractivity (Wildman–Crippen MR) is 74.7 cm³/mol. The summed E-state index contributed by atoms with van der Waals surface area (Å²) in [4.78, 5) is 14.4. The highest BCUT2D eigenvalue weighted by atomic mass is 16.2. The van der Waals surface area contributed by atoms with Gasteiger partial charge in [-0.1, -0.05) is 39.0 Å². The van der Waals surface area contributed by atoms with Gasteiger partial charge in [0.1, 0.15) is 6.04 Å². The van der Waals surface area contributed by atoms with Gasteiger partial charge < -0.3 is 10.2 Å². The minimum atomic E-state index is -0.154. The fraction of sp³-hybridized carbons (Fsp3) is 0.533. The molecule has 0 fully saturated rings. The Hall–Kier alpha value is -1.35. The monoisotopic (exact) mass is 246 g/mol. The van der Waals surface area contributed by atoms with E-state index in [0.29, 0.717) is 5.92 Å². The molecule has 1 heterocycles. The maximum absolute atomic E-state index is 12.4. The average Bonchev–Trinajstić information content (AvgIpc) is 2.61. The minimum Gasteiger partial charge on any atom is -0.310 e. The van der Waals surface area contributed by atoms with E-state index >= 15 is 0 Å². The fourth-order valence-corrected chi connectivity index (χ4v) is 2.40. The van der Waals surface area contributed by atoms with Gasteiger partial charge in [-0.05, 0) is 24.9 Å². The Kier molecular flexibility index (Phi) is 4.02.